The van der Waals surface area contributed by atoms with Crippen LogP contribution in [0.1, 0.15) is 45.5 Å². The summed E-state index contributed by atoms with van der Waals surface area (Å²) in [5.74, 6) is 3.98. The summed E-state index contributed by atoms with van der Waals surface area (Å²) in [4.78, 5) is 2.34. The lowest BCUT2D eigenvalue weighted by Gasteiger charge is -2.43. The van der Waals surface area contributed by atoms with E-state index < -0.39 is 0 Å². The number of likely N-dealkylation sites (N-methyl/N-ethyl adjacent to an activating group) is 2. The Kier molecular flexibility index (Phi) is 7.73. The maximum atomic E-state index is 13.0. The Bertz CT molecular complexity index is 1800. The van der Waals surface area contributed by atoms with E-state index in [-0.39, 0.29) is 17.8 Å². The smallest absolute Gasteiger partial charge is 0.204 e. The van der Waals surface area contributed by atoms with E-state index in [2.05, 4.69) is 56.4 Å². The van der Waals surface area contributed by atoms with Gasteiger partial charge in [-0.2, -0.15) is 0 Å². The minimum absolute atomic E-state index is 0.0603. The van der Waals surface area contributed by atoms with Crippen molar-refractivity contribution in [3.63, 3.8) is 0 Å². The highest BCUT2D eigenvalue weighted by atomic mass is 16.5. The first-order chi connectivity index (χ1) is 22.2. The predicted octanol–water partition coefficient (Wildman–Crippen LogP) is 6.37. The van der Waals surface area contributed by atoms with Crippen LogP contribution in [0.25, 0.3) is 0 Å². The van der Waals surface area contributed by atoms with Gasteiger partial charge in [-0.25, -0.2) is 0 Å². The molecule has 2 atom stereocenters. The quantitative estimate of drug-likeness (QED) is 0.246. The van der Waals surface area contributed by atoms with Gasteiger partial charge in [-0.05, 0) is 78.5 Å². The molecule has 6 bridgehead atoms. The largest absolute Gasteiger partial charge is 0.870 e. The van der Waals surface area contributed by atoms with Gasteiger partial charge in [0.1, 0.15) is 17.5 Å². The summed E-state index contributed by atoms with van der Waals surface area (Å²) < 4.78 is 32.0. The fourth-order valence-corrected chi connectivity index (χ4v) is 7.49. The van der Waals surface area contributed by atoms with Crippen LogP contribution in [0.3, 0.4) is 0 Å². The van der Waals surface area contributed by atoms with Crippen LogP contribution in [0.15, 0.2) is 60.7 Å². The van der Waals surface area contributed by atoms with E-state index in [1.807, 2.05) is 24.3 Å². The predicted molar refractivity (Wildman–Crippen MR) is 175 cm³/mol. The molecule has 0 spiro atoms. The Morgan fingerprint density at radius 2 is 1.59 bits per heavy atom. The van der Waals surface area contributed by atoms with Gasteiger partial charge < -0.3 is 33.3 Å². The second-order valence-electron chi connectivity index (χ2n) is 13.3. The average Bonchev–Trinajstić information content (AvgIpc) is 3.04. The van der Waals surface area contributed by atoms with Crippen molar-refractivity contribution in [3.05, 3.63) is 94.0 Å². The number of fused-ring (bicyclic) bond motifs is 5. The molecule has 0 saturated carbocycles. The number of nitrogens with zero attached hydrogens (tertiary/aromatic N) is 2. The fraction of sp³-hybridized carbons (Fsp3) is 0.368. The molecule has 4 aromatic rings. The molecule has 0 amide bonds. The number of quaternary nitrogens is 1. The molecule has 0 N–H and O–H groups in total. The molecule has 0 radical (unpaired) electrons. The van der Waals surface area contributed by atoms with Crippen molar-refractivity contribution in [1.29, 1.82) is 0 Å². The second kappa shape index (κ2) is 11.8. The van der Waals surface area contributed by atoms with E-state index in [1.54, 1.807) is 27.4 Å². The van der Waals surface area contributed by atoms with E-state index in [0.29, 0.717) is 46.7 Å². The van der Waals surface area contributed by atoms with E-state index in [0.717, 1.165) is 59.1 Å². The highest BCUT2D eigenvalue weighted by Gasteiger charge is 2.38. The molecule has 3 aliphatic rings. The second-order valence-corrected chi connectivity index (χ2v) is 13.3. The van der Waals surface area contributed by atoms with E-state index in [4.69, 9.17) is 23.7 Å². The topological polar surface area (TPSA) is 72.5 Å². The van der Waals surface area contributed by atoms with Crippen molar-refractivity contribution < 1.29 is 33.3 Å². The van der Waals surface area contributed by atoms with Crippen LogP contribution in [0.4, 0.5) is 0 Å². The van der Waals surface area contributed by atoms with Crippen LogP contribution >= 0.6 is 0 Å². The summed E-state index contributed by atoms with van der Waals surface area (Å²) in [5.41, 5.74) is 6.83. The molecule has 240 valence electrons. The van der Waals surface area contributed by atoms with Gasteiger partial charge in [0.25, 0.3) is 0 Å². The minimum atomic E-state index is -0.141. The van der Waals surface area contributed by atoms with Gasteiger partial charge in [0.05, 0.1) is 42.0 Å². The van der Waals surface area contributed by atoms with Gasteiger partial charge in [0, 0.05) is 36.6 Å². The van der Waals surface area contributed by atoms with Gasteiger partial charge in [-0.1, -0.05) is 30.0 Å². The summed E-state index contributed by atoms with van der Waals surface area (Å²) in [5, 5.41) is 13.0. The van der Waals surface area contributed by atoms with Crippen LogP contribution < -0.4 is 28.8 Å². The van der Waals surface area contributed by atoms with Crippen molar-refractivity contribution in [1.82, 2.24) is 4.90 Å². The summed E-state index contributed by atoms with van der Waals surface area (Å²) >= 11 is 0. The summed E-state index contributed by atoms with van der Waals surface area (Å²) in [7, 11) is 11.7. The molecule has 0 saturated heterocycles. The molecule has 8 heteroatoms. The number of hydrogen-bond acceptors (Lipinski definition) is 7. The van der Waals surface area contributed by atoms with Crippen LogP contribution in [0.2, 0.25) is 0 Å². The zero-order valence-corrected chi connectivity index (χ0v) is 27.5. The van der Waals surface area contributed by atoms with E-state index in [1.165, 1.54) is 11.1 Å². The van der Waals surface area contributed by atoms with Crippen LogP contribution in [0.5, 0.6) is 46.0 Å². The molecule has 7 rings (SSSR count). The van der Waals surface area contributed by atoms with E-state index >= 15 is 0 Å². The number of benzene rings is 4. The maximum Gasteiger partial charge on any atom is 0.204 e. The molecule has 0 aromatic heterocycles. The lowest BCUT2D eigenvalue weighted by atomic mass is 9.86. The maximum absolute atomic E-state index is 13.0. The Morgan fingerprint density at radius 3 is 2.37 bits per heavy atom. The normalized spacial score (nSPS) is 20.0. The third kappa shape index (κ3) is 5.29. The number of methoxy groups -OCH3 is 3. The Balaban J connectivity index is 1.49. The Morgan fingerprint density at radius 1 is 0.804 bits per heavy atom. The molecule has 2 unspecified atom stereocenters. The fourth-order valence-electron chi connectivity index (χ4n) is 7.49. The molecule has 3 heterocycles. The van der Waals surface area contributed by atoms with Crippen molar-refractivity contribution in [2.75, 3.05) is 55.6 Å². The van der Waals surface area contributed by atoms with Gasteiger partial charge in [-0.15, -0.1) is 0 Å². The highest BCUT2D eigenvalue weighted by Crippen LogP contribution is 2.52. The summed E-state index contributed by atoms with van der Waals surface area (Å²) in [6.07, 6.45) is 3.20. The monoisotopic (exact) mass is 622 g/mol. The Labute approximate surface area is 271 Å². The molecular formula is C38H42N2O6. The van der Waals surface area contributed by atoms with Crippen molar-refractivity contribution >= 4 is 0 Å². The van der Waals surface area contributed by atoms with Gasteiger partial charge in [-0.3, -0.25) is 4.90 Å². The van der Waals surface area contributed by atoms with Crippen LogP contribution in [-0.4, -0.2) is 64.9 Å². The van der Waals surface area contributed by atoms with Crippen molar-refractivity contribution in [2.24, 2.45) is 0 Å². The summed E-state index contributed by atoms with van der Waals surface area (Å²) in [6, 6.07) is 20.0. The molecule has 8 nitrogen and oxygen atoms in total. The van der Waals surface area contributed by atoms with Crippen molar-refractivity contribution in [3.8, 4) is 46.0 Å². The first kappa shape index (κ1) is 30.3. The SMILES string of the molecule is COc1cc2c3cc1Oc1c(OC)c(OC)cc4c1C(Cc1ccc([O-])c(c1)Oc1cccc(c1)CC3[N+](C)(C)CC2)N(C)CC4. The number of rotatable bonds is 3. The third-order valence-electron chi connectivity index (χ3n) is 10.1. The molecule has 46 heavy (non-hydrogen) atoms. The zero-order chi connectivity index (χ0) is 32.2. The zero-order valence-electron chi connectivity index (χ0n) is 27.5. The summed E-state index contributed by atoms with van der Waals surface area (Å²) in [6.45, 7) is 1.86. The first-order valence-corrected chi connectivity index (χ1v) is 15.9. The highest BCUT2D eigenvalue weighted by molar-refractivity contribution is 5.63. The number of ether oxygens (including phenoxy) is 5. The van der Waals surface area contributed by atoms with Gasteiger partial charge in [0.15, 0.2) is 23.0 Å². The van der Waals surface area contributed by atoms with Gasteiger partial charge in [0.2, 0.25) is 5.75 Å². The first-order valence-electron chi connectivity index (χ1n) is 15.9. The number of hydrogen-bond donors (Lipinski definition) is 0. The lowest BCUT2D eigenvalue weighted by molar-refractivity contribution is -0.923. The molecular weight excluding hydrogens is 580 g/mol. The van der Waals surface area contributed by atoms with Crippen molar-refractivity contribution in [2.45, 2.75) is 37.8 Å². The molecule has 4 aromatic carbocycles. The third-order valence-corrected chi connectivity index (χ3v) is 10.1. The molecule has 0 aliphatic carbocycles. The van der Waals surface area contributed by atoms with Crippen LogP contribution in [0, 0.1) is 0 Å². The van der Waals surface area contributed by atoms with E-state index in [9.17, 15) is 5.11 Å². The lowest BCUT2D eigenvalue weighted by Crippen LogP contribution is -2.48. The minimum Gasteiger partial charge on any atom is -0.870 e. The molecule has 0 fully saturated rings. The molecule has 3 aliphatic heterocycles. The van der Waals surface area contributed by atoms with Crippen LogP contribution in [-0.2, 0) is 25.7 Å². The average molecular weight is 623 g/mol. The standard InChI is InChI=1S/C38H42N2O6/c1-39-14-12-26-21-35(43-5)37(44-6)38-36(26)29(39)17-24-10-11-31(41)32(19-24)45-27-9-7-8-23(16-27)18-30-28-22-34(46-38)33(42-4)20-25(28)13-15-40(30,2)3/h7-11,16,19-22,29-30H,12-15,17-18H2,1-6H3. The van der Waals surface area contributed by atoms with Gasteiger partial charge >= 0.3 is 0 Å². The Hall–Kier alpha value is -4.40.